The number of hydrogen-bond donors (Lipinski definition) is 1. The number of benzene rings is 1. The third-order valence-corrected chi connectivity index (χ3v) is 3.22. The summed E-state index contributed by atoms with van der Waals surface area (Å²) >= 11 is 7.60. The van der Waals surface area contributed by atoms with Crippen LogP contribution in [0.4, 0.5) is 0 Å². The molecule has 0 fully saturated rings. The predicted octanol–water partition coefficient (Wildman–Crippen LogP) is 3.01. The van der Waals surface area contributed by atoms with Crippen LogP contribution in [0.25, 0.3) is 10.1 Å². The van der Waals surface area contributed by atoms with E-state index in [1.807, 2.05) is 17.5 Å². The molecule has 12 heavy (non-hydrogen) atoms. The molecule has 1 aromatic heterocycles. The van der Waals surface area contributed by atoms with Gasteiger partial charge in [0.15, 0.2) is 0 Å². The molecule has 0 bridgehead atoms. The Morgan fingerprint density at radius 2 is 2.25 bits per heavy atom. The van der Waals surface area contributed by atoms with Crippen LogP contribution in [0.15, 0.2) is 23.6 Å². The molecular formula is C9H8ClNS. The second-order valence-corrected chi connectivity index (χ2v) is 3.94. The molecule has 2 rings (SSSR count). The minimum atomic E-state index is 0.589. The second-order valence-electron chi connectivity index (χ2n) is 2.62. The van der Waals surface area contributed by atoms with Crippen molar-refractivity contribution in [1.82, 2.24) is 0 Å². The Morgan fingerprint density at radius 1 is 1.42 bits per heavy atom. The monoisotopic (exact) mass is 197 g/mol. The van der Waals surface area contributed by atoms with E-state index in [1.54, 1.807) is 11.3 Å². The van der Waals surface area contributed by atoms with Gasteiger partial charge in [0.05, 0.1) is 5.02 Å². The van der Waals surface area contributed by atoms with Crippen LogP contribution < -0.4 is 5.73 Å². The average molecular weight is 198 g/mol. The lowest BCUT2D eigenvalue weighted by Crippen LogP contribution is -1.94. The number of thiophene rings is 1. The van der Waals surface area contributed by atoms with E-state index < -0.39 is 0 Å². The van der Waals surface area contributed by atoms with E-state index >= 15 is 0 Å². The highest BCUT2D eigenvalue weighted by Crippen LogP contribution is 2.30. The molecule has 1 aromatic carbocycles. The predicted molar refractivity (Wildman–Crippen MR) is 54.7 cm³/mol. The maximum atomic E-state index is 5.95. The van der Waals surface area contributed by atoms with Crippen molar-refractivity contribution in [2.45, 2.75) is 6.54 Å². The van der Waals surface area contributed by atoms with E-state index in [0.717, 1.165) is 16.0 Å². The molecule has 0 spiro atoms. The number of rotatable bonds is 1. The van der Waals surface area contributed by atoms with Crippen LogP contribution in [0, 0.1) is 0 Å². The molecule has 2 N–H and O–H groups in total. The molecular weight excluding hydrogens is 190 g/mol. The third-order valence-electron chi connectivity index (χ3n) is 1.83. The molecule has 0 aliphatic heterocycles. The maximum Gasteiger partial charge on any atom is 0.0591 e. The average Bonchev–Trinajstić information content (AvgIpc) is 2.47. The van der Waals surface area contributed by atoms with Crippen molar-refractivity contribution < 1.29 is 0 Å². The zero-order valence-electron chi connectivity index (χ0n) is 6.38. The Balaban J connectivity index is 2.69. The van der Waals surface area contributed by atoms with Crippen molar-refractivity contribution in [3.63, 3.8) is 0 Å². The number of halogens is 1. The number of hydrogen-bond acceptors (Lipinski definition) is 2. The summed E-state index contributed by atoms with van der Waals surface area (Å²) in [7, 11) is 0. The van der Waals surface area contributed by atoms with Gasteiger partial charge in [0.2, 0.25) is 0 Å². The zero-order valence-corrected chi connectivity index (χ0v) is 7.95. The molecule has 62 valence electrons. The van der Waals surface area contributed by atoms with Gasteiger partial charge in [-0.05, 0) is 11.6 Å². The second kappa shape index (κ2) is 3.05. The van der Waals surface area contributed by atoms with Gasteiger partial charge in [-0.2, -0.15) is 0 Å². The molecule has 0 amide bonds. The first kappa shape index (κ1) is 8.05. The summed E-state index contributed by atoms with van der Waals surface area (Å²) in [6, 6.07) is 6.13. The highest BCUT2D eigenvalue weighted by molar-refractivity contribution is 7.17. The van der Waals surface area contributed by atoms with E-state index in [2.05, 4.69) is 6.07 Å². The van der Waals surface area contributed by atoms with Crippen molar-refractivity contribution >= 4 is 33.0 Å². The molecule has 0 saturated carbocycles. The standard InChI is InChI=1S/C9H8ClNS/c10-8-5-12-9-3-6(4-11)1-2-7(8)9/h1-3,5H,4,11H2. The van der Waals surface area contributed by atoms with Gasteiger partial charge in [-0.15, -0.1) is 11.3 Å². The fraction of sp³-hybridized carbons (Fsp3) is 0.111. The largest absolute Gasteiger partial charge is 0.326 e. The molecule has 0 aliphatic rings. The Morgan fingerprint density at radius 3 is 3.00 bits per heavy atom. The lowest BCUT2D eigenvalue weighted by molar-refractivity contribution is 1.08. The minimum Gasteiger partial charge on any atom is -0.326 e. The van der Waals surface area contributed by atoms with Gasteiger partial charge >= 0.3 is 0 Å². The quantitative estimate of drug-likeness (QED) is 0.748. The summed E-state index contributed by atoms with van der Waals surface area (Å²) in [5, 5.41) is 3.91. The van der Waals surface area contributed by atoms with Crippen molar-refractivity contribution in [2.75, 3.05) is 0 Å². The fourth-order valence-corrected chi connectivity index (χ4v) is 2.40. The van der Waals surface area contributed by atoms with E-state index in [9.17, 15) is 0 Å². The van der Waals surface area contributed by atoms with Crippen molar-refractivity contribution in [1.29, 1.82) is 0 Å². The Labute approximate surface area is 79.8 Å². The summed E-state index contributed by atoms with van der Waals surface area (Å²) in [6.07, 6.45) is 0. The van der Waals surface area contributed by atoms with Gasteiger partial charge in [-0.25, -0.2) is 0 Å². The van der Waals surface area contributed by atoms with Crippen LogP contribution >= 0.6 is 22.9 Å². The van der Waals surface area contributed by atoms with Crippen molar-refractivity contribution in [2.24, 2.45) is 5.73 Å². The molecule has 0 radical (unpaired) electrons. The number of nitrogens with two attached hydrogens (primary N) is 1. The molecule has 1 nitrogen and oxygen atoms in total. The van der Waals surface area contributed by atoms with Crippen LogP contribution in [0.2, 0.25) is 5.02 Å². The van der Waals surface area contributed by atoms with Crippen LogP contribution in [-0.4, -0.2) is 0 Å². The Kier molecular flexibility index (Phi) is 2.05. The summed E-state index contributed by atoms with van der Waals surface area (Å²) in [4.78, 5) is 0. The molecule has 0 atom stereocenters. The van der Waals surface area contributed by atoms with Crippen LogP contribution in [0.5, 0.6) is 0 Å². The lowest BCUT2D eigenvalue weighted by atomic mass is 10.2. The highest BCUT2D eigenvalue weighted by atomic mass is 35.5. The first-order chi connectivity index (χ1) is 5.81. The van der Waals surface area contributed by atoms with Gasteiger partial charge in [-0.1, -0.05) is 23.7 Å². The fourth-order valence-electron chi connectivity index (χ4n) is 1.17. The molecule has 2 aromatic rings. The van der Waals surface area contributed by atoms with Crippen LogP contribution in [0.3, 0.4) is 0 Å². The Bertz CT molecular complexity index is 408. The molecule has 0 saturated heterocycles. The van der Waals surface area contributed by atoms with Gasteiger partial charge in [-0.3, -0.25) is 0 Å². The SMILES string of the molecule is NCc1ccc2c(Cl)csc2c1. The van der Waals surface area contributed by atoms with Gasteiger partial charge in [0.1, 0.15) is 0 Å². The lowest BCUT2D eigenvalue weighted by Gasteiger charge is -1.95. The molecule has 3 heteroatoms. The summed E-state index contributed by atoms with van der Waals surface area (Å²) in [6.45, 7) is 0.589. The molecule has 1 heterocycles. The smallest absolute Gasteiger partial charge is 0.0591 e. The summed E-state index contributed by atoms with van der Waals surface area (Å²) < 4.78 is 1.21. The maximum absolute atomic E-state index is 5.95. The topological polar surface area (TPSA) is 26.0 Å². The van der Waals surface area contributed by atoms with Crippen LogP contribution in [-0.2, 0) is 6.54 Å². The van der Waals surface area contributed by atoms with Gasteiger partial charge < -0.3 is 5.73 Å². The number of fused-ring (bicyclic) bond motifs is 1. The zero-order chi connectivity index (χ0) is 8.55. The summed E-state index contributed by atoms with van der Waals surface area (Å²) in [5.41, 5.74) is 6.67. The first-order valence-corrected chi connectivity index (χ1v) is 4.92. The minimum absolute atomic E-state index is 0.589. The van der Waals surface area contributed by atoms with Gasteiger partial charge in [0, 0.05) is 22.0 Å². The van der Waals surface area contributed by atoms with E-state index in [-0.39, 0.29) is 0 Å². The third kappa shape index (κ3) is 1.22. The van der Waals surface area contributed by atoms with Crippen LogP contribution in [0.1, 0.15) is 5.56 Å². The summed E-state index contributed by atoms with van der Waals surface area (Å²) in [5.74, 6) is 0. The van der Waals surface area contributed by atoms with Crippen molar-refractivity contribution in [3.05, 3.63) is 34.2 Å². The van der Waals surface area contributed by atoms with Crippen molar-refractivity contribution in [3.8, 4) is 0 Å². The van der Waals surface area contributed by atoms with E-state index in [4.69, 9.17) is 17.3 Å². The van der Waals surface area contributed by atoms with E-state index in [1.165, 1.54) is 4.70 Å². The highest BCUT2D eigenvalue weighted by Gasteiger charge is 2.01. The first-order valence-electron chi connectivity index (χ1n) is 3.67. The Hall–Kier alpha value is -0.570. The normalized spacial score (nSPS) is 10.8. The van der Waals surface area contributed by atoms with E-state index in [0.29, 0.717) is 6.54 Å². The van der Waals surface area contributed by atoms with Gasteiger partial charge in [0.25, 0.3) is 0 Å². The molecule has 0 unspecified atom stereocenters. The molecule has 0 aliphatic carbocycles.